The van der Waals surface area contributed by atoms with E-state index in [0.717, 1.165) is 19.3 Å². The Kier molecular flexibility index (Phi) is 6.21. The predicted molar refractivity (Wildman–Crippen MR) is 101 cm³/mol. The van der Waals surface area contributed by atoms with Crippen molar-refractivity contribution in [3.05, 3.63) is 30.3 Å². The quantitative estimate of drug-likeness (QED) is 0.805. The molecule has 1 aliphatic heterocycles. The highest BCUT2D eigenvalue weighted by Crippen LogP contribution is 2.23. The maximum Gasteiger partial charge on any atom is 0.355 e. The number of ether oxygens (including phenoxy) is 1. The molecule has 0 saturated heterocycles. The molecule has 1 heterocycles. The average molecular weight is 371 g/mol. The molecule has 1 saturated carbocycles. The zero-order chi connectivity index (χ0) is 19.2. The summed E-state index contributed by atoms with van der Waals surface area (Å²) in [7, 11) is 0. The highest BCUT2D eigenvalue weighted by molar-refractivity contribution is 6.38. The molecule has 0 unspecified atom stereocenters. The Morgan fingerprint density at radius 3 is 2.67 bits per heavy atom. The van der Waals surface area contributed by atoms with Crippen molar-refractivity contribution in [1.29, 1.82) is 0 Å². The molecule has 7 nitrogen and oxygen atoms in total. The lowest BCUT2D eigenvalue weighted by Crippen LogP contribution is -2.43. The molecular weight excluding hydrogens is 346 g/mol. The number of benzene rings is 1. The molecule has 0 bridgehead atoms. The second-order valence-electron chi connectivity index (χ2n) is 7.10. The molecule has 0 aromatic heterocycles. The van der Waals surface area contributed by atoms with Gasteiger partial charge in [0.05, 0.1) is 5.69 Å². The first-order chi connectivity index (χ1) is 13.0. The van der Waals surface area contributed by atoms with Crippen molar-refractivity contribution in [3.63, 3.8) is 0 Å². The minimum atomic E-state index is -0.657. The molecule has 7 heteroatoms. The van der Waals surface area contributed by atoms with Gasteiger partial charge in [-0.25, -0.2) is 9.80 Å². The summed E-state index contributed by atoms with van der Waals surface area (Å²) in [6, 6.07) is 9.05. The smallest absolute Gasteiger partial charge is 0.355 e. The van der Waals surface area contributed by atoms with E-state index in [4.69, 9.17) is 4.74 Å². The molecule has 1 aromatic carbocycles. The predicted octanol–water partition coefficient (Wildman–Crippen LogP) is 2.41. The molecule has 0 radical (unpaired) electrons. The van der Waals surface area contributed by atoms with E-state index in [1.165, 1.54) is 11.4 Å². The molecule has 144 valence electrons. The third-order valence-electron chi connectivity index (χ3n) is 5.06. The summed E-state index contributed by atoms with van der Waals surface area (Å²) < 4.78 is 5.12. The maximum absolute atomic E-state index is 12.3. The molecular formula is C20H25N3O4. The molecule has 2 amide bonds. The largest absolute Gasteiger partial charge is 0.451 e. The first kappa shape index (κ1) is 19.1. The van der Waals surface area contributed by atoms with E-state index in [0.29, 0.717) is 11.6 Å². The standard InChI is InChI=1S/C20H25N3O4/c1-14-7-5-6-10-16(14)21-18(24)13-27-20(26)17-11-12-19(25)23(22-17)15-8-3-2-4-9-15/h2-4,8-9,14,16H,5-7,10-13H2,1H3,(H,21,24)/t14-,16-/m0/s1. The van der Waals surface area contributed by atoms with Crippen LogP contribution in [-0.2, 0) is 19.1 Å². The first-order valence-corrected chi connectivity index (χ1v) is 9.46. The van der Waals surface area contributed by atoms with Crippen molar-refractivity contribution in [2.75, 3.05) is 11.6 Å². The van der Waals surface area contributed by atoms with Gasteiger partial charge in [0.25, 0.3) is 5.91 Å². The van der Waals surface area contributed by atoms with Gasteiger partial charge in [0, 0.05) is 18.9 Å². The van der Waals surface area contributed by atoms with Gasteiger partial charge in [0.15, 0.2) is 6.61 Å². The molecule has 0 spiro atoms. The Morgan fingerprint density at radius 2 is 1.93 bits per heavy atom. The number of nitrogens with one attached hydrogen (secondary N) is 1. The molecule has 2 aliphatic rings. The summed E-state index contributed by atoms with van der Waals surface area (Å²) in [6.07, 6.45) is 4.75. The van der Waals surface area contributed by atoms with Crippen molar-refractivity contribution in [3.8, 4) is 0 Å². The van der Waals surface area contributed by atoms with Crippen LogP contribution in [0.4, 0.5) is 5.69 Å². The summed E-state index contributed by atoms with van der Waals surface area (Å²) in [5.41, 5.74) is 0.744. The van der Waals surface area contributed by atoms with Gasteiger partial charge in [-0.3, -0.25) is 9.59 Å². The van der Waals surface area contributed by atoms with Gasteiger partial charge in [-0.2, -0.15) is 5.10 Å². The number of carbonyl (C=O) groups excluding carboxylic acids is 3. The fourth-order valence-electron chi connectivity index (χ4n) is 3.47. The normalized spacial score (nSPS) is 22.8. The van der Waals surface area contributed by atoms with Crippen LogP contribution in [0.5, 0.6) is 0 Å². The fourth-order valence-corrected chi connectivity index (χ4v) is 3.47. The Morgan fingerprint density at radius 1 is 1.19 bits per heavy atom. The molecule has 27 heavy (non-hydrogen) atoms. The molecule has 1 N–H and O–H groups in total. The Labute approximate surface area is 158 Å². The van der Waals surface area contributed by atoms with E-state index in [9.17, 15) is 14.4 Å². The van der Waals surface area contributed by atoms with Crippen LogP contribution in [0.15, 0.2) is 35.4 Å². The number of rotatable bonds is 5. The average Bonchev–Trinajstić information content (AvgIpc) is 2.69. The minimum Gasteiger partial charge on any atom is -0.451 e. The van der Waals surface area contributed by atoms with Crippen LogP contribution in [-0.4, -0.2) is 36.1 Å². The topological polar surface area (TPSA) is 88.1 Å². The third-order valence-corrected chi connectivity index (χ3v) is 5.06. The third kappa shape index (κ3) is 4.93. The highest BCUT2D eigenvalue weighted by atomic mass is 16.5. The number of nitrogens with zero attached hydrogens (tertiary/aromatic N) is 2. The molecule has 1 fully saturated rings. The van der Waals surface area contributed by atoms with Gasteiger partial charge in [0.2, 0.25) is 5.91 Å². The van der Waals surface area contributed by atoms with E-state index in [2.05, 4.69) is 17.3 Å². The lowest BCUT2D eigenvalue weighted by Gasteiger charge is -2.29. The van der Waals surface area contributed by atoms with Crippen molar-refractivity contribution in [2.24, 2.45) is 11.0 Å². The first-order valence-electron chi connectivity index (χ1n) is 9.46. The Bertz CT molecular complexity index is 732. The number of hydrogen-bond donors (Lipinski definition) is 1. The summed E-state index contributed by atoms with van der Waals surface area (Å²) in [5.74, 6) is -0.696. The van der Waals surface area contributed by atoms with Crippen molar-refractivity contribution in [1.82, 2.24) is 5.32 Å². The molecule has 1 aliphatic carbocycles. The van der Waals surface area contributed by atoms with E-state index < -0.39 is 5.97 Å². The number of anilines is 1. The highest BCUT2D eigenvalue weighted by Gasteiger charge is 2.27. The Balaban J connectivity index is 1.55. The zero-order valence-electron chi connectivity index (χ0n) is 15.5. The summed E-state index contributed by atoms with van der Waals surface area (Å²) in [5, 5.41) is 8.29. The molecule has 3 rings (SSSR count). The van der Waals surface area contributed by atoms with Gasteiger partial charge in [-0.15, -0.1) is 0 Å². The van der Waals surface area contributed by atoms with Crippen LogP contribution >= 0.6 is 0 Å². The minimum absolute atomic E-state index is 0.142. The second-order valence-corrected chi connectivity index (χ2v) is 7.10. The summed E-state index contributed by atoms with van der Waals surface area (Å²) >= 11 is 0. The number of esters is 1. The van der Waals surface area contributed by atoms with Crippen LogP contribution in [0.2, 0.25) is 0 Å². The number of amides is 2. The van der Waals surface area contributed by atoms with Crippen LogP contribution < -0.4 is 10.3 Å². The van der Waals surface area contributed by atoms with Gasteiger partial charge in [-0.05, 0) is 30.9 Å². The number of carbonyl (C=O) groups is 3. The van der Waals surface area contributed by atoms with E-state index in [-0.39, 0.29) is 43.0 Å². The molecule has 1 aromatic rings. The van der Waals surface area contributed by atoms with Gasteiger partial charge in [0.1, 0.15) is 5.71 Å². The Hall–Kier alpha value is -2.70. The summed E-state index contributed by atoms with van der Waals surface area (Å²) in [4.78, 5) is 36.4. The van der Waals surface area contributed by atoms with Gasteiger partial charge < -0.3 is 10.1 Å². The van der Waals surface area contributed by atoms with E-state index in [1.807, 2.05) is 6.07 Å². The monoisotopic (exact) mass is 371 g/mol. The number of para-hydroxylation sites is 1. The van der Waals surface area contributed by atoms with E-state index >= 15 is 0 Å². The SMILES string of the molecule is C[C@H]1CCCC[C@@H]1NC(=O)COC(=O)C1=NN(c2ccccc2)C(=O)CC1. The van der Waals surface area contributed by atoms with Crippen LogP contribution in [0.1, 0.15) is 45.4 Å². The van der Waals surface area contributed by atoms with Crippen molar-refractivity contribution >= 4 is 29.2 Å². The van der Waals surface area contributed by atoms with Crippen molar-refractivity contribution < 1.29 is 19.1 Å². The maximum atomic E-state index is 12.3. The van der Waals surface area contributed by atoms with Gasteiger partial charge >= 0.3 is 5.97 Å². The van der Waals surface area contributed by atoms with Crippen LogP contribution in [0.25, 0.3) is 0 Å². The van der Waals surface area contributed by atoms with Gasteiger partial charge in [-0.1, -0.05) is 38.0 Å². The lowest BCUT2D eigenvalue weighted by molar-refractivity contribution is -0.142. The van der Waals surface area contributed by atoms with Crippen LogP contribution in [0, 0.1) is 5.92 Å². The second kappa shape index (κ2) is 8.79. The zero-order valence-corrected chi connectivity index (χ0v) is 15.5. The van der Waals surface area contributed by atoms with E-state index in [1.54, 1.807) is 24.3 Å². The number of hydrogen-bond acceptors (Lipinski definition) is 5. The fraction of sp³-hybridized carbons (Fsp3) is 0.500. The molecule has 2 atom stereocenters. The lowest BCUT2D eigenvalue weighted by atomic mass is 9.86. The number of hydrazone groups is 1. The van der Waals surface area contributed by atoms with Crippen LogP contribution in [0.3, 0.4) is 0 Å². The summed E-state index contributed by atoms with van der Waals surface area (Å²) in [6.45, 7) is 1.79. The van der Waals surface area contributed by atoms with Crippen molar-refractivity contribution in [2.45, 2.75) is 51.5 Å².